The summed E-state index contributed by atoms with van der Waals surface area (Å²) in [5.74, 6) is -1.09. The summed E-state index contributed by atoms with van der Waals surface area (Å²) >= 11 is 0. The van der Waals surface area contributed by atoms with Crippen molar-refractivity contribution >= 4 is 36.7 Å². The van der Waals surface area contributed by atoms with Crippen molar-refractivity contribution in [1.82, 2.24) is 0 Å². The lowest BCUT2D eigenvalue weighted by molar-refractivity contribution is -0.191. The molecule has 0 radical (unpaired) electrons. The molecule has 0 spiro atoms. The van der Waals surface area contributed by atoms with Crippen molar-refractivity contribution in [3.63, 3.8) is 0 Å². The molecule has 0 atom stereocenters. The van der Waals surface area contributed by atoms with E-state index in [1.165, 1.54) is 0 Å². The summed E-state index contributed by atoms with van der Waals surface area (Å²) in [6.45, 7) is 0. The van der Waals surface area contributed by atoms with Gasteiger partial charge in [0.25, 0.3) is 0 Å². The number of ketones is 2. The molecule has 0 unspecified atom stereocenters. The van der Waals surface area contributed by atoms with Crippen LogP contribution in [0, 0.1) is 21.7 Å². The Bertz CT molecular complexity index is 478. The highest BCUT2D eigenvalue weighted by molar-refractivity contribution is 6.21. The second-order valence-corrected chi connectivity index (χ2v) is 6.46. The third-order valence-electron chi connectivity index (χ3n) is 5.23. The number of Topliss-reactive ketones (excluding diaryl/α,β-unsaturated/α-hetero) is 2. The van der Waals surface area contributed by atoms with Crippen LogP contribution in [0.15, 0.2) is 0 Å². The third-order valence-corrected chi connectivity index (χ3v) is 5.23. The zero-order valence-electron chi connectivity index (χ0n) is 10.6. The molecule has 6 nitrogen and oxygen atoms in total. The molecule has 20 heavy (non-hydrogen) atoms. The van der Waals surface area contributed by atoms with Crippen LogP contribution < -0.4 is 0 Å². The van der Waals surface area contributed by atoms with Gasteiger partial charge in [0.2, 0.25) is 0 Å². The number of rotatable bonds is 4. The fourth-order valence-corrected chi connectivity index (χ4v) is 4.68. The van der Waals surface area contributed by atoms with Crippen molar-refractivity contribution in [2.75, 3.05) is 0 Å². The van der Waals surface area contributed by atoms with Crippen LogP contribution in [0.2, 0.25) is 0 Å². The summed E-state index contributed by atoms with van der Waals surface area (Å²) < 4.78 is 0. The smallest absolute Gasteiger partial charge is 0.159 e. The summed E-state index contributed by atoms with van der Waals surface area (Å²) in [6, 6.07) is 0. The van der Waals surface area contributed by atoms with Crippen molar-refractivity contribution in [3.05, 3.63) is 0 Å². The van der Waals surface area contributed by atoms with Gasteiger partial charge in [-0.15, -0.1) is 0 Å². The second-order valence-electron chi connectivity index (χ2n) is 6.46. The third kappa shape index (κ3) is 1.07. The van der Waals surface area contributed by atoms with Crippen molar-refractivity contribution in [2.45, 2.75) is 25.7 Å². The fraction of sp³-hybridized carbons (Fsp3) is 0.571. The molecule has 4 aliphatic rings. The summed E-state index contributed by atoms with van der Waals surface area (Å²) in [5.41, 5.74) is -6.25. The standard InChI is InChI=1S/C14H12O6/c15-5-11-1-12(6-16)3-14(8-18,9(11)19)4-13(2-11,7-17)10(12)20/h5-8H,1-4H2. The van der Waals surface area contributed by atoms with Gasteiger partial charge in [-0.05, 0) is 25.7 Å². The van der Waals surface area contributed by atoms with E-state index in [9.17, 15) is 28.8 Å². The average molecular weight is 276 g/mol. The summed E-state index contributed by atoms with van der Waals surface area (Å²) in [7, 11) is 0. The molecule has 4 saturated carbocycles. The maximum Gasteiger partial charge on any atom is 0.159 e. The van der Waals surface area contributed by atoms with Crippen LogP contribution in [0.4, 0.5) is 0 Å². The van der Waals surface area contributed by atoms with Crippen LogP contribution in [0.25, 0.3) is 0 Å². The Balaban J connectivity index is 2.33. The van der Waals surface area contributed by atoms with Crippen molar-refractivity contribution in [2.24, 2.45) is 21.7 Å². The zero-order valence-corrected chi connectivity index (χ0v) is 10.6. The quantitative estimate of drug-likeness (QED) is 0.505. The molecule has 0 saturated heterocycles. The fourth-order valence-electron chi connectivity index (χ4n) is 4.68. The zero-order chi connectivity index (χ0) is 14.8. The molecule has 0 aliphatic heterocycles. The highest BCUT2D eigenvalue weighted by Gasteiger charge is 2.77. The van der Waals surface area contributed by atoms with Gasteiger partial charge < -0.3 is 19.2 Å². The van der Waals surface area contributed by atoms with Crippen molar-refractivity contribution in [1.29, 1.82) is 0 Å². The van der Waals surface area contributed by atoms with E-state index in [2.05, 4.69) is 0 Å². The van der Waals surface area contributed by atoms with Crippen LogP contribution in [-0.4, -0.2) is 36.7 Å². The molecule has 0 aromatic carbocycles. The van der Waals surface area contributed by atoms with Gasteiger partial charge in [0.15, 0.2) is 11.6 Å². The number of carbonyl (C=O) groups is 6. The number of hydrogen-bond donors (Lipinski definition) is 0. The van der Waals surface area contributed by atoms with Crippen molar-refractivity contribution < 1.29 is 28.8 Å². The molecule has 104 valence electrons. The second kappa shape index (κ2) is 3.37. The molecule has 6 heteroatoms. The maximum absolute atomic E-state index is 12.5. The topological polar surface area (TPSA) is 102 Å². The SMILES string of the molecule is O=CC12CC3(C=O)CC(C=O)(CC(C=O)(C1)C3=O)C2=O. The number of hydrogen-bond acceptors (Lipinski definition) is 6. The average Bonchev–Trinajstić information content (AvgIpc) is 2.47. The minimum Gasteiger partial charge on any atom is -0.302 e. The maximum atomic E-state index is 12.5. The number of aldehydes is 4. The van der Waals surface area contributed by atoms with Gasteiger partial charge in [0, 0.05) is 0 Å². The van der Waals surface area contributed by atoms with Crippen LogP contribution in [0.5, 0.6) is 0 Å². The van der Waals surface area contributed by atoms with E-state index >= 15 is 0 Å². The molecule has 4 fully saturated rings. The lowest BCUT2D eigenvalue weighted by Crippen LogP contribution is -2.72. The molecular weight excluding hydrogens is 264 g/mol. The lowest BCUT2D eigenvalue weighted by Gasteiger charge is -2.62. The minimum absolute atomic E-state index is 0.212. The Hall–Kier alpha value is -1.98. The van der Waals surface area contributed by atoms with E-state index in [1.807, 2.05) is 0 Å². The molecule has 4 rings (SSSR count). The van der Waals surface area contributed by atoms with E-state index in [-0.39, 0.29) is 25.7 Å². The normalized spacial score (nSPS) is 49.0. The monoisotopic (exact) mass is 276 g/mol. The highest BCUT2D eigenvalue weighted by atomic mass is 16.2. The van der Waals surface area contributed by atoms with Gasteiger partial charge in [0.05, 0.1) is 21.7 Å². The Labute approximate surface area is 113 Å². The van der Waals surface area contributed by atoms with Crippen LogP contribution >= 0.6 is 0 Å². The van der Waals surface area contributed by atoms with Gasteiger partial charge in [-0.25, -0.2) is 0 Å². The molecule has 0 heterocycles. The first-order valence-electron chi connectivity index (χ1n) is 6.33. The Morgan fingerprint density at radius 1 is 0.550 bits per heavy atom. The van der Waals surface area contributed by atoms with Gasteiger partial charge in [-0.1, -0.05) is 0 Å². The minimum atomic E-state index is -1.56. The Morgan fingerprint density at radius 2 is 0.750 bits per heavy atom. The van der Waals surface area contributed by atoms with Gasteiger partial charge >= 0.3 is 0 Å². The lowest BCUT2D eigenvalue weighted by atomic mass is 9.35. The van der Waals surface area contributed by atoms with E-state index in [4.69, 9.17) is 0 Å². The molecule has 0 aromatic heterocycles. The van der Waals surface area contributed by atoms with Gasteiger partial charge in [-0.2, -0.15) is 0 Å². The highest BCUT2D eigenvalue weighted by Crippen LogP contribution is 2.68. The first-order valence-corrected chi connectivity index (χ1v) is 6.33. The first kappa shape index (κ1) is 13.0. The molecule has 0 N–H and O–H groups in total. The van der Waals surface area contributed by atoms with Crippen molar-refractivity contribution in [3.8, 4) is 0 Å². The van der Waals surface area contributed by atoms with E-state index in [0.717, 1.165) is 0 Å². The number of carbonyl (C=O) groups excluding carboxylic acids is 6. The van der Waals surface area contributed by atoms with E-state index < -0.39 is 33.2 Å². The van der Waals surface area contributed by atoms with E-state index in [0.29, 0.717) is 25.1 Å². The molecular formula is C14H12O6. The Morgan fingerprint density at radius 3 is 0.900 bits per heavy atom. The summed E-state index contributed by atoms with van der Waals surface area (Å²) in [6.07, 6.45) is 0.796. The van der Waals surface area contributed by atoms with E-state index in [1.54, 1.807) is 0 Å². The first-order chi connectivity index (χ1) is 9.38. The predicted molar refractivity (Wildman–Crippen MR) is 62.5 cm³/mol. The van der Waals surface area contributed by atoms with Crippen LogP contribution in [-0.2, 0) is 28.8 Å². The van der Waals surface area contributed by atoms with Crippen LogP contribution in [0.3, 0.4) is 0 Å². The van der Waals surface area contributed by atoms with Gasteiger partial charge in [-0.3, -0.25) is 9.59 Å². The molecule has 0 aromatic rings. The predicted octanol–water partition coefficient (Wildman–Crippen LogP) is -0.533. The molecule has 0 amide bonds. The Kier molecular flexibility index (Phi) is 2.19. The largest absolute Gasteiger partial charge is 0.302 e. The summed E-state index contributed by atoms with van der Waals surface area (Å²) in [5, 5.41) is 0. The van der Waals surface area contributed by atoms with Crippen LogP contribution in [0.1, 0.15) is 25.7 Å². The molecule has 4 aliphatic carbocycles. The molecule has 4 bridgehead atoms. The summed E-state index contributed by atoms with van der Waals surface area (Å²) in [4.78, 5) is 70.9. The van der Waals surface area contributed by atoms with Gasteiger partial charge in [0.1, 0.15) is 25.1 Å².